The lowest BCUT2D eigenvalue weighted by molar-refractivity contribution is 0.172. The second kappa shape index (κ2) is 11.5. The summed E-state index contributed by atoms with van der Waals surface area (Å²) in [7, 11) is 0. The number of likely N-dealkylation sites (tertiary alicyclic amines) is 1. The number of hydrogen-bond donors (Lipinski definition) is 3. The van der Waals surface area contributed by atoms with Crippen LogP contribution >= 0.6 is 0 Å². The number of rotatable bonds is 9. The maximum atomic E-state index is 13.1. The molecule has 2 amide bonds. The van der Waals surface area contributed by atoms with Gasteiger partial charge in [0.25, 0.3) is 0 Å². The fourth-order valence-electron chi connectivity index (χ4n) is 4.22. The van der Waals surface area contributed by atoms with E-state index in [9.17, 15) is 9.18 Å². The van der Waals surface area contributed by atoms with Crippen molar-refractivity contribution in [3.8, 4) is 0 Å². The Bertz CT molecular complexity index is 993. The number of nitrogens with zero attached hydrogens (tertiary/aromatic N) is 2. The van der Waals surface area contributed by atoms with Crippen molar-refractivity contribution < 1.29 is 13.7 Å². The van der Waals surface area contributed by atoms with Crippen LogP contribution in [0.25, 0.3) is 0 Å². The van der Waals surface area contributed by atoms with Crippen LogP contribution in [0.3, 0.4) is 0 Å². The van der Waals surface area contributed by atoms with E-state index in [1.54, 1.807) is 6.07 Å². The van der Waals surface area contributed by atoms with Crippen LogP contribution < -0.4 is 16.0 Å². The van der Waals surface area contributed by atoms with Gasteiger partial charge in [-0.2, -0.15) is 0 Å². The van der Waals surface area contributed by atoms with E-state index in [-0.39, 0.29) is 11.8 Å². The van der Waals surface area contributed by atoms with Gasteiger partial charge in [-0.3, -0.25) is 0 Å². The van der Waals surface area contributed by atoms with Crippen LogP contribution in [0.2, 0.25) is 0 Å². The second-order valence-corrected chi connectivity index (χ2v) is 8.46. The summed E-state index contributed by atoms with van der Waals surface area (Å²) >= 11 is 0. The summed E-state index contributed by atoms with van der Waals surface area (Å²) in [6.45, 7) is 3.73. The molecule has 1 aliphatic rings. The van der Waals surface area contributed by atoms with Gasteiger partial charge < -0.3 is 25.4 Å². The number of benzene rings is 2. The van der Waals surface area contributed by atoms with Crippen molar-refractivity contribution in [2.24, 2.45) is 5.92 Å². The van der Waals surface area contributed by atoms with E-state index in [1.165, 1.54) is 36.8 Å². The molecule has 0 unspecified atom stereocenters. The van der Waals surface area contributed by atoms with Gasteiger partial charge in [0.2, 0.25) is 0 Å². The Balaban J connectivity index is 1.12. The third-order valence-corrected chi connectivity index (χ3v) is 5.83. The van der Waals surface area contributed by atoms with Crippen LogP contribution in [0, 0.1) is 11.7 Å². The summed E-state index contributed by atoms with van der Waals surface area (Å²) in [5.74, 6) is 1.05. The number of hydrogen-bond acceptors (Lipinski definition) is 5. The highest BCUT2D eigenvalue weighted by molar-refractivity contribution is 5.89. The fraction of sp³-hybridized carbons (Fsp3) is 0.360. The van der Waals surface area contributed by atoms with Crippen molar-refractivity contribution in [3.05, 3.63) is 72.2 Å². The van der Waals surface area contributed by atoms with Crippen LogP contribution in [0.4, 0.5) is 26.4 Å². The van der Waals surface area contributed by atoms with Gasteiger partial charge in [-0.25, -0.2) is 9.18 Å². The number of halogens is 1. The van der Waals surface area contributed by atoms with E-state index in [0.717, 1.165) is 43.9 Å². The zero-order valence-corrected chi connectivity index (χ0v) is 18.6. The Labute approximate surface area is 193 Å². The molecular formula is C25H30FN5O2. The molecule has 0 radical (unpaired) electrons. The monoisotopic (exact) mass is 451 g/mol. The van der Waals surface area contributed by atoms with E-state index < -0.39 is 0 Å². The molecule has 2 heterocycles. The summed E-state index contributed by atoms with van der Waals surface area (Å²) in [4.78, 5) is 14.7. The second-order valence-electron chi connectivity index (χ2n) is 8.46. The maximum absolute atomic E-state index is 13.1. The normalized spacial score (nSPS) is 16.3. The number of amides is 2. The molecule has 0 aliphatic carbocycles. The first-order valence-electron chi connectivity index (χ1n) is 11.4. The van der Waals surface area contributed by atoms with Crippen molar-refractivity contribution in [3.63, 3.8) is 0 Å². The molecule has 0 bridgehead atoms. The molecule has 1 atom stereocenters. The minimum absolute atomic E-state index is 0.183. The lowest BCUT2D eigenvalue weighted by atomic mass is 9.91. The van der Waals surface area contributed by atoms with Gasteiger partial charge in [-0.15, -0.1) is 0 Å². The first kappa shape index (κ1) is 22.8. The van der Waals surface area contributed by atoms with Gasteiger partial charge in [-0.05, 0) is 86.7 Å². The quantitative estimate of drug-likeness (QED) is 0.398. The van der Waals surface area contributed by atoms with Crippen LogP contribution in [0.1, 0.15) is 24.8 Å². The van der Waals surface area contributed by atoms with Crippen molar-refractivity contribution >= 4 is 23.2 Å². The molecule has 7 nitrogen and oxygen atoms in total. The Kier molecular flexibility index (Phi) is 7.92. The molecular weight excluding hydrogens is 421 g/mol. The summed E-state index contributed by atoms with van der Waals surface area (Å²) < 4.78 is 17.9. The Morgan fingerprint density at radius 2 is 1.88 bits per heavy atom. The molecule has 1 aromatic heterocycles. The zero-order valence-electron chi connectivity index (χ0n) is 18.6. The number of carbonyl (C=O) groups is 1. The molecule has 1 aliphatic heterocycles. The summed E-state index contributed by atoms with van der Waals surface area (Å²) in [6.07, 6.45) is 5.78. The molecule has 174 valence electrons. The topological polar surface area (TPSA) is 82.4 Å². The number of carbonyl (C=O) groups excluding carboxylic acids is 1. The third kappa shape index (κ3) is 7.32. The molecule has 4 rings (SSSR count). The highest BCUT2D eigenvalue weighted by Crippen LogP contribution is 2.21. The van der Waals surface area contributed by atoms with Crippen LogP contribution in [0.15, 0.2) is 65.4 Å². The molecule has 3 N–H and O–H groups in total. The van der Waals surface area contributed by atoms with Gasteiger partial charge >= 0.3 is 6.03 Å². The molecule has 1 fully saturated rings. The van der Waals surface area contributed by atoms with Gasteiger partial charge in [0, 0.05) is 30.5 Å². The highest BCUT2D eigenvalue weighted by atomic mass is 19.1. The van der Waals surface area contributed by atoms with Crippen molar-refractivity contribution in [1.82, 2.24) is 15.4 Å². The predicted molar refractivity (Wildman–Crippen MR) is 127 cm³/mol. The average Bonchev–Trinajstić information content (AvgIpc) is 3.33. The van der Waals surface area contributed by atoms with Crippen molar-refractivity contribution in [2.45, 2.75) is 25.7 Å². The average molecular weight is 452 g/mol. The number of anilines is 3. The smallest absolute Gasteiger partial charge is 0.319 e. The number of piperidine rings is 1. The van der Waals surface area contributed by atoms with E-state index in [0.29, 0.717) is 18.3 Å². The van der Waals surface area contributed by atoms with E-state index in [2.05, 4.69) is 26.0 Å². The highest BCUT2D eigenvalue weighted by Gasteiger charge is 2.19. The Hall–Kier alpha value is -3.39. The van der Waals surface area contributed by atoms with Crippen LogP contribution in [-0.2, 0) is 6.42 Å². The molecule has 3 aromatic rings. The fourth-order valence-corrected chi connectivity index (χ4v) is 4.22. The minimum Gasteiger partial charge on any atom is -0.363 e. The SMILES string of the molecule is O=C(NCCCN1CCC[C@@H](Cc2ccc(F)cc2)C1)Nc1ccc(Nc2ccon2)cc1. The Morgan fingerprint density at radius 1 is 1.09 bits per heavy atom. The number of nitrogens with one attached hydrogen (secondary N) is 3. The predicted octanol–water partition coefficient (Wildman–Crippen LogP) is 5.02. The zero-order chi connectivity index (χ0) is 22.9. The van der Waals surface area contributed by atoms with E-state index >= 15 is 0 Å². The first-order valence-corrected chi connectivity index (χ1v) is 11.4. The number of aromatic nitrogens is 1. The molecule has 0 saturated carbocycles. The maximum Gasteiger partial charge on any atom is 0.319 e. The first-order chi connectivity index (χ1) is 16.1. The number of urea groups is 1. The van der Waals surface area contributed by atoms with Gasteiger partial charge in [-0.1, -0.05) is 17.3 Å². The Morgan fingerprint density at radius 3 is 2.64 bits per heavy atom. The van der Waals surface area contributed by atoms with Crippen molar-refractivity contribution in [2.75, 3.05) is 36.8 Å². The largest absolute Gasteiger partial charge is 0.363 e. The van der Waals surface area contributed by atoms with Crippen molar-refractivity contribution in [1.29, 1.82) is 0 Å². The lowest BCUT2D eigenvalue weighted by Crippen LogP contribution is -2.38. The summed E-state index contributed by atoms with van der Waals surface area (Å²) in [5, 5.41) is 12.7. The minimum atomic E-state index is -0.208. The summed E-state index contributed by atoms with van der Waals surface area (Å²) in [5.41, 5.74) is 2.77. The van der Waals surface area contributed by atoms with E-state index in [1.807, 2.05) is 36.4 Å². The lowest BCUT2D eigenvalue weighted by Gasteiger charge is -2.32. The standard InChI is InChI=1S/C25H30FN5O2/c26-21-6-4-19(5-7-21)17-20-3-1-14-31(18-20)15-2-13-27-25(32)29-23-10-8-22(9-11-23)28-24-12-16-33-30-24/h4-12,16,20H,1-3,13-15,17-18H2,(H,28,30)(H2,27,29,32)/t20-/m0/s1. The summed E-state index contributed by atoms with van der Waals surface area (Å²) in [6, 6.07) is 15.8. The van der Waals surface area contributed by atoms with Crippen LogP contribution in [-0.4, -0.2) is 42.3 Å². The molecule has 1 saturated heterocycles. The van der Waals surface area contributed by atoms with Gasteiger partial charge in [0.05, 0.1) is 0 Å². The molecule has 0 spiro atoms. The van der Waals surface area contributed by atoms with E-state index in [4.69, 9.17) is 4.52 Å². The van der Waals surface area contributed by atoms with Gasteiger partial charge in [0.1, 0.15) is 12.1 Å². The molecule has 2 aromatic carbocycles. The van der Waals surface area contributed by atoms with Crippen LogP contribution in [0.5, 0.6) is 0 Å². The van der Waals surface area contributed by atoms with Gasteiger partial charge in [0.15, 0.2) is 5.82 Å². The third-order valence-electron chi connectivity index (χ3n) is 5.83. The molecule has 33 heavy (non-hydrogen) atoms. The molecule has 8 heteroatoms.